The maximum atomic E-state index is 12.1. The first-order chi connectivity index (χ1) is 16.5. The maximum absolute atomic E-state index is 12.1. The summed E-state index contributed by atoms with van der Waals surface area (Å²) in [6.07, 6.45) is 1.53. The van der Waals surface area contributed by atoms with E-state index < -0.39 is 12.0 Å². The maximum Gasteiger partial charge on any atom is 0.320 e. The summed E-state index contributed by atoms with van der Waals surface area (Å²) >= 11 is 0. The number of aliphatic carboxylic acids is 1. The highest BCUT2D eigenvalue weighted by Gasteiger charge is 2.37. The Bertz CT molecular complexity index is 1110. The van der Waals surface area contributed by atoms with Gasteiger partial charge in [-0.1, -0.05) is 65.7 Å². The lowest BCUT2D eigenvalue weighted by Crippen LogP contribution is -2.39. The number of benzene rings is 3. The van der Waals surface area contributed by atoms with Crippen molar-refractivity contribution in [1.82, 2.24) is 4.90 Å². The van der Waals surface area contributed by atoms with Gasteiger partial charge in [0.25, 0.3) is 0 Å². The van der Waals surface area contributed by atoms with Crippen LogP contribution in [0.5, 0.6) is 11.5 Å². The zero-order valence-electron chi connectivity index (χ0n) is 20.2. The molecule has 0 radical (unpaired) electrons. The number of hydrogen-bond donors (Lipinski definition) is 1. The summed E-state index contributed by atoms with van der Waals surface area (Å²) in [6.45, 7) is 7.83. The smallest absolute Gasteiger partial charge is 0.320 e. The van der Waals surface area contributed by atoms with Gasteiger partial charge in [-0.05, 0) is 62.4 Å². The van der Waals surface area contributed by atoms with Crippen molar-refractivity contribution in [3.05, 3.63) is 94.5 Å². The molecule has 1 fully saturated rings. The Kier molecular flexibility index (Phi) is 7.53. The predicted molar refractivity (Wildman–Crippen MR) is 134 cm³/mol. The van der Waals surface area contributed by atoms with E-state index in [9.17, 15) is 9.90 Å². The van der Waals surface area contributed by atoms with E-state index in [4.69, 9.17) is 9.47 Å². The van der Waals surface area contributed by atoms with Crippen LogP contribution in [-0.2, 0) is 11.4 Å². The monoisotopic (exact) mass is 459 g/mol. The molecule has 5 nitrogen and oxygen atoms in total. The van der Waals surface area contributed by atoms with Gasteiger partial charge in [-0.2, -0.15) is 0 Å². The van der Waals surface area contributed by atoms with Crippen LogP contribution in [0.15, 0.2) is 66.7 Å². The zero-order valence-corrected chi connectivity index (χ0v) is 20.2. The standard InChI is InChI=1S/C29H33NO4/c1-4-33-27-18-23(12-13-26(27)34-19-22-9-6-5-7-10-22)28(24-16-20(2)15-21(3)17-24)30-14-8-11-25(30)29(31)32/h5-7,9-10,12-13,15-18,25,28H,4,8,11,14,19H2,1-3H3,(H,31,32). The Labute approximate surface area is 201 Å². The van der Waals surface area contributed by atoms with Crippen molar-refractivity contribution in [2.24, 2.45) is 0 Å². The van der Waals surface area contributed by atoms with Crippen LogP contribution >= 0.6 is 0 Å². The summed E-state index contributed by atoms with van der Waals surface area (Å²) in [6, 6.07) is 21.8. The normalized spacial score (nSPS) is 16.9. The number of carbonyl (C=O) groups is 1. The van der Waals surface area contributed by atoms with Crippen molar-refractivity contribution < 1.29 is 19.4 Å². The van der Waals surface area contributed by atoms with E-state index >= 15 is 0 Å². The van der Waals surface area contributed by atoms with Crippen molar-refractivity contribution in [1.29, 1.82) is 0 Å². The van der Waals surface area contributed by atoms with Crippen LogP contribution in [0.1, 0.15) is 53.6 Å². The minimum absolute atomic E-state index is 0.176. The van der Waals surface area contributed by atoms with Crippen molar-refractivity contribution >= 4 is 5.97 Å². The van der Waals surface area contributed by atoms with E-state index in [-0.39, 0.29) is 6.04 Å². The van der Waals surface area contributed by atoms with E-state index in [1.807, 2.05) is 55.5 Å². The third kappa shape index (κ3) is 5.42. The van der Waals surface area contributed by atoms with Gasteiger partial charge >= 0.3 is 5.97 Å². The molecule has 178 valence electrons. The van der Waals surface area contributed by atoms with Crippen LogP contribution < -0.4 is 9.47 Å². The van der Waals surface area contributed by atoms with Crippen LogP contribution in [0.25, 0.3) is 0 Å². The lowest BCUT2D eigenvalue weighted by molar-refractivity contribution is -0.142. The first kappa shape index (κ1) is 23.8. The van der Waals surface area contributed by atoms with Crippen LogP contribution in [-0.4, -0.2) is 35.2 Å². The van der Waals surface area contributed by atoms with Gasteiger partial charge in [-0.3, -0.25) is 9.69 Å². The fourth-order valence-electron chi connectivity index (χ4n) is 4.92. The highest BCUT2D eigenvalue weighted by atomic mass is 16.5. The molecule has 1 N–H and O–H groups in total. The van der Waals surface area contributed by atoms with Crippen molar-refractivity contribution in [3.63, 3.8) is 0 Å². The minimum atomic E-state index is -0.764. The Morgan fingerprint density at radius 2 is 1.71 bits per heavy atom. The molecule has 2 unspecified atom stereocenters. The minimum Gasteiger partial charge on any atom is -0.490 e. The molecule has 0 spiro atoms. The van der Waals surface area contributed by atoms with Crippen molar-refractivity contribution in [3.8, 4) is 11.5 Å². The Hall–Kier alpha value is -3.31. The molecule has 0 aliphatic carbocycles. The fraction of sp³-hybridized carbons (Fsp3) is 0.345. The Morgan fingerprint density at radius 1 is 0.971 bits per heavy atom. The molecule has 0 saturated carbocycles. The molecule has 0 aromatic heterocycles. The molecular formula is C29H33NO4. The summed E-state index contributed by atoms with van der Waals surface area (Å²) in [7, 11) is 0. The lowest BCUT2D eigenvalue weighted by atomic mass is 9.93. The van der Waals surface area contributed by atoms with Gasteiger partial charge in [0, 0.05) is 6.54 Å². The summed E-state index contributed by atoms with van der Waals surface area (Å²) in [5.74, 6) is 0.598. The molecule has 1 saturated heterocycles. The SMILES string of the molecule is CCOc1cc(C(c2cc(C)cc(C)c2)N2CCCC2C(=O)O)ccc1OCc1ccccc1. The zero-order chi connectivity index (χ0) is 24.1. The highest BCUT2D eigenvalue weighted by molar-refractivity contribution is 5.74. The van der Waals surface area contributed by atoms with Gasteiger partial charge in [-0.15, -0.1) is 0 Å². The third-order valence-electron chi connectivity index (χ3n) is 6.29. The average Bonchev–Trinajstić information content (AvgIpc) is 3.29. The van der Waals surface area contributed by atoms with Crippen LogP contribution in [0, 0.1) is 13.8 Å². The number of nitrogens with zero attached hydrogens (tertiary/aromatic N) is 1. The number of ether oxygens (including phenoxy) is 2. The number of likely N-dealkylation sites (tertiary alicyclic amines) is 1. The second-order valence-corrected chi connectivity index (χ2v) is 8.97. The number of hydrogen-bond acceptors (Lipinski definition) is 4. The van der Waals surface area contributed by atoms with Gasteiger partial charge in [0.05, 0.1) is 12.6 Å². The fourth-order valence-corrected chi connectivity index (χ4v) is 4.92. The second-order valence-electron chi connectivity index (χ2n) is 8.97. The van der Waals surface area contributed by atoms with Gasteiger partial charge < -0.3 is 14.6 Å². The van der Waals surface area contributed by atoms with Crippen molar-refractivity contribution in [2.45, 2.75) is 52.3 Å². The summed E-state index contributed by atoms with van der Waals surface area (Å²) < 4.78 is 12.1. The van der Waals surface area contributed by atoms with Crippen LogP contribution in [0.3, 0.4) is 0 Å². The van der Waals surface area contributed by atoms with Gasteiger partial charge in [-0.25, -0.2) is 0 Å². The largest absolute Gasteiger partial charge is 0.490 e. The summed E-state index contributed by atoms with van der Waals surface area (Å²) in [5, 5.41) is 9.91. The predicted octanol–water partition coefficient (Wildman–Crippen LogP) is 5.92. The van der Waals surface area contributed by atoms with E-state index in [0.717, 1.165) is 29.7 Å². The topological polar surface area (TPSA) is 59.0 Å². The van der Waals surface area contributed by atoms with Crippen LogP contribution in [0.4, 0.5) is 0 Å². The first-order valence-corrected chi connectivity index (χ1v) is 12.0. The van der Waals surface area contributed by atoms with E-state index in [0.29, 0.717) is 31.1 Å². The molecule has 34 heavy (non-hydrogen) atoms. The molecule has 1 heterocycles. The molecule has 3 aromatic carbocycles. The first-order valence-electron chi connectivity index (χ1n) is 12.0. The van der Waals surface area contributed by atoms with Gasteiger partial charge in [0.2, 0.25) is 0 Å². The molecular weight excluding hydrogens is 426 g/mol. The average molecular weight is 460 g/mol. The number of aryl methyl sites for hydroxylation is 2. The summed E-state index contributed by atoms with van der Waals surface area (Å²) in [5.41, 5.74) is 5.53. The molecule has 1 aliphatic heterocycles. The lowest BCUT2D eigenvalue weighted by Gasteiger charge is -2.33. The van der Waals surface area contributed by atoms with Gasteiger partial charge in [0.15, 0.2) is 11.5 Å². The quantitative estimate of drug-likeness (QED) is 0.430. The van der Waals surface area contributed by atoms with E-state index in [1.165, 1.54) is 11.1 Å². The number of rotatable bonds is 9. The molecule has 2 atom stereocenters. The summed E-state index contributed by atoms with van der Waals surface area (Å²) in [4.78, 5) is 14.2. The van der Waals surface area contributed by atoms with E-state index in [2.05, 4.69) is 36.9 Å². The Morgan fingerprint density at radius 3 is 2.38 bits per heavy atom. The van der Waals surface area contributed by atoms with Crippen molar-refractivity contribution in [2.75, 3.05) is 13.2 Å². The highest BCUT2D eigenvalue weighted by Crippen LogP contribution is 2.39. The molecule has 5 heteroatoms. The second kappa shape index (κ2) is 10.7. The number of carboxylic acid groups (broad SMARTS) is 1. The third-order valence-corrected chi connectivity index (χ3v) is 6.29. The number of carboxylic acids is 1. The molecule has 1 aliphatic rings. The molecule has 0 amide bonds. The molecule has 3 aromatic rings. The van der Waals surface area contributed by atoms with E-state index in [1.54, 1.807) is 0 Å². The van der Waals surface area contributed by atoms with Gasteiger partial charge in [0.1, 0.15) is 12.6 Å². The molecule has 4 rings (SSSR count). The van der Waals surface area contributed by atoms with Crippen LogP contribution in [0.2, 0.25) is 0 Å². The molecule has 0 bridgehead atoms. The Balaban J connectivity index is 1.72.